The molecule has 0 aliphatic rings. The first kappa shape index (κ1) is 5.57. The summed E-state index contributed by atoms with van der Waals surface area (Å²) in [6, 6.07) is -4.79. The molecule has 0 bridgehead atoms. The predicted molar refractivity (Wildman–Crippen MR) is 71.9 cm³/mol. The van der Waals surface area contributed by atoms with Gasteiger partial charge in [-0.2, -0.15) is 0 Å². The van der Waals surface area contributed by atoms with Gasteiger partial charge in [0.05, 0.1) is 18.1 Å². The van der Waals surface area contributed by atoms with Crippen LogP contribution in [0.5, 0.6) is 11.5 Å². The summed E-state index contributed by atoms with van der Waals surface area (Å²) in [5.41, 5.74) is -1.16. The number of benzene rings is 2. The molecule has 0 saturated carbocycles. The van der Waals surface area contributed by atoms with E-state index in [0.29, 0.717) is 0 Å². The Morgan fingerprint density at radius 3 is 1.79 bits per heavy atom. The Bertz CT molecular complexity index is 948. The number of phenolic OH excluding ortho intramolecular Hbond substituents is 1. The van der Waals surface area contributed by atoms with Crippen molar-refractivity contribution in [2.75, 3.05) is 7.11 Å². The molecule has 0 radical (unpaired) electrons. The molecule has 2 rings (SSSR count). The van der Waals surface area contributed by atoms with Crippen molar-refractivity contribution in [1.29, 1.82) is 0 Å². The third kappa shape index (κ3) is 5.04. The Morgan fingerprint density at radius 1 is 1.00 bits per heavy atom. The van der Waals surface area contributed by atoms with Gasteiger partial charge in [-0.15, -0.1) is 0 Å². The molecule has 0 amide bonds. The lowest BCUT2D eigenvalue weighted by Gasteiger charge is -1.96. The number of hydrogen-bond donors (Lipinski definition) is 1. The zero-order chi connectivity index (χ0) is 22.8. The minimum absolute atomic E-state index is 0.227. The second-order valence-electron chi connectivity index (χ2n) is 2.84. The van der Waals surface area contributed by atoms with Gasteiger partial charge in [-0.05, 0) is 48.3 Å². The number of hydrogen-bond acceptors (Lipinski definition) is 4. The molecule has 0 spiro atoms. The van der Waals surface area contributed by atoms with Crippen LogP contribution in [0.1, 0.15) is 34.4 Å². The van der Waals surface area contributed by atoms with Crippen molar-refractivity contribution in [3.63, 3.8) is 0 Å². The van der Waals surface area contributed by atoms with Crippen molar-refractivity contribution < 1.29 is 33.1 Å². The van der Waals surface area contributed by atoms with E-state index in [4.69, 9.17) is 18.8 Å². The molecule has 0 aromatic heterocycles. The molecule has 2 aromatic rings. The van der Waals surface area contributed by atoms with E-state index in [-0.39, 0.29) is 5.75 Å². The van der Waals surface area contributed by atoms with Crippen LogP contribution >= 0.6 is 0 Å². The van der Waals surface area contributed by atoms with Gasteiger partial charge < -0.3 is 9.84 Å². The Balaban J connectivity index is 0.000000291. The normalized spacial score (nSPS) is 16.3. The van der Waals surface area contributed by atoms with Crippen LogP contribution in [0, 0.1) is 0 Å². The topological polar surface area (TPSA) is 63.6 Å². The summed E-state index contributed by atoms with van der Waals surface area (Å²) in [4.78, 5) is 21.5. The van der Waals surface area contributed by atoms with Gasteiger partial charge >= 0.3 is 0 Å². The van der Waals surface area contributed by atoms with Crippen LogP contribution in [0.4, 0.5) is 0 Å². The SMILES string of the molecule is [2H]C(=O)c1c([2H])c([2H])c(O)c([2H])c1[2H].[2H]C(=O)c1c([2H])c([2H])c(OC)c([2H])c1[2H]. The quantitative estimate of drug-likeness (QED) is 0.869. The monoisotopic (exact) mass is 268 g/mol. The molecule has 1 N–H and O–H groups in total. The van der Waals surface area contributed by atoms with E-state index in [1.807, 2.05) is 0 Å². The van der Waals surface area contributed by atoms with E-state index < -0.39 is 77.7 Å². The van der Waals surface area contributed by atoms with Gasteiger partial charge in [-0.3, -0.25) is 9.59 Å². The number of aromatic hydroxyl groups is 1. The summed E-state index contributed by atoms with van der Waals surface area (Å²) in [5.74, 6) is -1.04. The number of aldehydes is 2. The van der Waals surface area contributed by atoms with E-state index in [9.17, 15) is 9.59 Å². The summed E-state index contributed by atoms with van der Waals surface area (Å²) < 4.78 is 76.6. The fraction of sp³-hybridized carbons (Fsp3) is 0.0667. The summed E-state index contributed by atoms with van der Waals surface area (Å²) in [7, 11) is 1.21. The molecular formula is C15H14O4. The summed E-state index contributed by atoms with van der Waals surface area (Å²) >= 11 is 0. The van der Waals surface area contributed by atoms with E-state index in [0.717, 1.165) is 0 Å². The van der Waals surface area contributed by atoms with E-state index in [2.05, 4.69) is 4.74 Å². The van der Waals surface area contributed by atoms with Crippen LogP contribution in [0.15, 0.2) is 48.3 Å². The van der Waals surface area contributed by atoms with Crippen LogP contribution in [0.25, 0.3) is 0 Å². The zero-order valence-electron chi connectivity index (χ0n) is 19.7. The van der Waals surface area contributed by atoms with E-state index >= 15 is 0 Å². The van der Waals surface area contributed by atoms with Crippen LogP contribution in [-0.4, -0.2) is 24.7 Å². The Morgan fingerprint density at radius 2 is 1.42 bits per heavy atom. The van der Waals surface area contributed by atoms with Gasteiger partial charge in [0, 0.05) is 11.1 Å². The Kier molecular flexibility index (Phi) is 2.24. The highest BCUT2D eigenvalue weighted by Crippen LogP contribution is 2.09. The van der Waals surface area contributed by atoms with Crippen LogP contribution < -0.4 is 4.74 Å². The lowest BCUT2D eigenvalue weighted by Crippen LogP contribution is -1.82. The molecule has 2 aromatic carbocycles. The van der Waals surface area contributed by atoms with Crippen LogP contribution in [-0.2, 0) is 0 Å². The minimum atomic E-state index is -1.30. The predicted octanol–water partition coefficient (Wildman–Crippen LogP) is 2.71. The van der Waals surface area contributed by atoms with Crippen molar-refractivity contribution in [2.45, 2.75) is 0 Å². The molecule has 0 heterocycles. The molecule has 4 heteroatoms. The van der Waals surface area contributed by atoms with Crippen molar-refractivity contribution in [3.8, 4) is 11.5 Å². The number of carbonyl (C=O) groups is 2. The summed E-state index contributed by atoms with van der Waals surface area (Å²) in [5, 5.41) is 9.09. The third-order valence-corrected chi connectivity index (χ3v) is 1.62. The Hall–Kier alpha value is -2.62. The van der Waals surface area contributed by atoms with Gasteiger partial charge in [0.15, 0.2) is 0 Å². The lowest BCUT2D eigenvalue weighted by molar-refractivity contribution is 0.111. The van der Waals surface area contributed by atoms with Gasteiger partial charge in [0.2, 0.25) is 0 Å². The molecule has 0 aliphatic carbocycles. The number of phenols is 1. The number of ether oxygens (including phenoxy) is 1. The van der Waals surface area contributed by atoms with Crippen molar-refractivity contribution >= 4 is 12.5 Å². The van der Waals surface area contributed by atoms with Crippen molar-refractivity contribution in [3.05, 3.63) is 59.5 Å². The molecule has 19 heavy (non-hydrogen) atoms. The number of rotatable bonds is 3. The molecule has 4 nitrogen and oxygen atoms in total. The molecule has 0 unspecified atom stereocenters. The van der Waals surface area contributed by atoms with E-state index in [1.54, 1.807) is 0 Å². The second kappa shape index (κ2) is 7.66. The summed E-state index contributed by atoms with van der Waals surface area (Å²) in [6.07, 6.45) is -2.54. The van der Waals surface area contributed by atoms with E-state index in [1.165, 1.54) is 7.11 Å². The standard InChI is InChI=1S/C8H8O2.C7H6O2/c1-10-8-4-2-7(6-9)3-5-8;8-5-6-1-3-7(9)4-2-6/h2-6H,1H3;1-5,9H/i2D,3D,4D,5D,6D;1D,2D,3D,4D,5D. The molecule has 0 aliphatic heterocycles. The maximum atomic E-state index is 10.8. The largest absolute Gasteiger partial charge is 0.508 e. The van der Waals surface area contributed by atoms with Gasteiger partial charge in [0.25, 0.3) is 0 Å². The van der Waals surface area contributed by atoms with Gasteiger partial charge in [-0.1, -0.05) is 0 Å². The maximum Gasteiger partial charge on any atom is 0.150 e. The first-order valence-electron chi connectivity index (χ1n) is 9.74. The molecular weight excluding hydrogens is 244 g/mol. The smallest absolute Gasteiger partial charge is 0.150 e. The molecule has 0 fully saturated rings. The van der Waals surface area contributed by atoms with Crippen molar-refractivity contribution in [2.24, 2.45) is 0 Å². The fourth-order valence-corrected chi connectivity index (χ4v) is 0.811. The molecule has 0 atom stereocenters. The third-order valence-electron chi connectivity index (χ3n) is 1.62. The van der Waals surface area contributed by atoms with Crippen LogP contribution in [0.3, 0.4) is 0 Å². The fourth-order valence-electron chi connectivity index (χ4n) is 0.811. The van der Waals surface area contributed by atoms with Crippen molar-refractivity contribution in [1.82, 2.24) is 0 Å². The van der Waals surface area contributed by atoms with Crippen LogP contribution in [0.2, 0.25) is 0 Å². The first-order chi connectivity index (χ1) is 13.3. The highest BCUT2D eigenvalue weighted by Gasteiger charge is 1.89. The lowest BCUT2D eigenvalue weighted by atomic mass is 10.2. The average Bonchev–Trinajstić information content (AvgIpc) is 2.64. The maximum absolute atomic E-state index is 10.8. The highest BCUT2D eigenvalue weighted by molar-refractivity contribution is 5.75. The molecule has 98 valence electrons. The highest BCUT2D eigenvalue weighted by atomic mass is 16.5. The Labute approximate surface area is 125 Å². The number of carbonyl (C=O) groups excluding carboxylic acids is 2. The minimum Gasteiger partial charge on any atom is -0.508 e. The molecule has 0 saturated heterocycles. The van der Waals surface area contributed by atoms with Gasteiger partial charge in [-0.25, -0.2) is 0 Å². The average molecular weight is 268 g/mol. The number of methoxy groups -OCH3 is 1. The van der Waals surface area contributed by atoms with Gasteiger partial charge in [0.1, 0.15) is 26.8 Å². The first-order valence-corrected chi connectivity index (χ1v) is 4.74. The summed E-state index contributed by atoms with van der Waals surface area (Å²) in [6.45, 7) is 0. The second-order valence-corrected chi connectivity index (χ2v) is 2.84. The zero-order valence-corrected chi connectivity index (χ0v) is 9.67.